The molecule has 2 aromatic heterocycles. The van der Waals surface area contributed by atoms with Crippen LogP contribution in [-0.4, -0.2) is 28.3 Å². The van der Waals surface area contributed by atoms with Gasteiger partial charge in [-0.05, 0) is 29.7 Å². The van der Waals surface area contributed by atoms with Crippen LogP contribution in [0.5, 0.6) is 0 Å². The molecule has 0 bridgehead atoms. The van der Waals surface area contributed by atoms with Crippen molar-refractivity contribution >= 4 is 17.2 Å². The Bertz CT molecular complexity index is 1280. The van der Waals surface area contributed by atoms with Crippen LogP contribution in [0, 0.1) is 0 Å². The number of rotatable bonds is 7. The highest BCUT2D eigenvalue weighted by Gasteiger charge is 2.33. The van der Waals surface area contributed by atoms with Gasteiger partial charge in [-0.1, -0.05) is 48.5 Å². The molecule has 2 heterocycles. The molecule has 2 aromatic carbocycles. The number of nitrogens with zero attached hydrogens (tertiary/aromatic N) is 2. The van der Waals surface area contributed by atoms with Crippen molar-refractivity contribution in [2.75, 3.05) is 6.54 Å². The summed E-state index contributed by atoms with van der Waals surface area (Å²) in [5.74, 6) is -0.375. The van der Waals surface area contributed by atoms with E-state index in [1.807, 2.05) is 42.8 Å². The maximum Gasteiger partial charge on any atom is 0.416 e. The number of nitrogens with two attached hydrogens (primary N) is 1. The summed E-state index contributed by atoms with van der Waals surface area (Å²) < 4.78 is 41.7. The molecule has 1 atom stereocenters. The third-order valence-corrected chi connectivity index (χ3v) is 6.46. The molecular formula is C25H23F3N4OS. The molecule has 4 aromatic rings. The van der Waals surface area contributed by atoms with Crippen LogP contribution < -0.4 is 11.1 Å². The van der Waals surface area contributed by atoms with Crippen LogP contribution in [0.2, 0.25) is 0 Å². The summed E-state index contributed by atoms with van der Waals surface area (Å²) in [4.78, 5) is 13.4. The van der Waals surface area contributed by atoms with Gasteiger partial charge in [0, 0.05) is 36.1 Å². The number of alkyl halides is 3. The normalized spacial score (nSPS) is 12.5. The Morgan fingerprint density at radius 1 is 1.12 bits per heavy atom. The molecule has 0 aliphatic rings. The molecule has 0 saturated carbocycles. The minimum atomic E-state index is -4.47. The van der Waals surface area contributed by atoms with Crippen molar-refractivity contribution in [1.82, 2.24) is 15.1 Å². The lowest BCUT2D eigenvalue weighted by molar-refractivity contribution is -0.138. The van der Waals surface area contributed by atoms with Crippen LogP contribution >= 0.6 is 11.3 Å². The molecule has 4 rings (SSSR count). The Hall–Kier alpha value is -3.43. The largest absolute Gasteiger partial charge is 0.416 e. The Morgan fingerprint density at radius 3 is 2.53 bits per heavy atom. The van der Waals surface area contributed by atoms with E-state index in [1.54, 1.807) is 23.0 Å². The molecule has 1 unspecified atom stereocenters. The van der Waals surface area contributed by atoms with Gasteiger partial charge >= 0.3 is 6.18 Å². The maximum atomic E-state index is 13.3. The van der Waals surface area contributed by atoms with Crippen molar-refractivity contribution in [3.63, 3.8) is 0 Å². The van der Waals surface area contributed by atoms with Crippen molar-refractivity contribution in [2.24, 2.45) is 12.8 Å². The quantitative estimate of drug-likeness (QED) is 0.382. The highest BCUT2D eigenvalue weighted by Crippen LogP contribution is 2.34. The zero-order chi connectivity index (χ0) is 24.3. The van der Waals surface area contributed by atoms with E-state index >= 15 is 0 Å². The number of nitrogens with one attached hydrogen (secondary N) is 1. The van der Waals surface area contributed by atoms with E-state index in [1.165, 1.54) is 23.5 Å². The molecular weight excluding hydrogens is 461 g/mol. The molecule has 5 nitrogen and oxygen atoms in total. The zero-order valence-corrected chi connectivity index (χ0v) is 19.2. The van der Waals surface area contributed by atoms with Crippen molar-refractivity contribution in [1.29, 1.82) is 0 Å². The van der Waals surface area contributed by atoms with E-state index in [9.17, 15) is 18.0 Å². The summed E-state index contributed by atoms with van der Waals surface area (Å²) in [6, 6.07) is 16.3. The predicted octanol–water partition coefficient (Wildman–Crippen LogP) is 5.13. The monoisotopic (exact) mass is 484 g/mol. The highest BCUT2D eigenvalue weighted by molar-refractivity contribution is 7.12. The van der Waals surface area contributed by atoms with Crippen molar-refractivity contribution < 1.29 is 18.0 Å². The van der Waals surface area contributed by atoms with Crippen LogP contribution in [0.15, 0.2) is 72.2 Å². The van der Waals surface area contributed by atoms with Gasteiger partial charge in [-0.2, -0.15) is 18.3 Å². The Morgan fingerprint density at radius 2 is 1.82 bits per heavy atom. The summed E-state index contributed by atoms with van der Waals surface area (Å²) in [6.45, 7) is 0.00997. The van der Waals surface area contributed by atoms with Crippen LogP contribution in [0.1, 0.15) is 20.8 Å². The van der Waals surface area contributed by atoms with Crippen molar-refractivity contribution in [3.8, 4) is 22.4 Å². The first-order chi connectivity index (χ1) is 16.3. The van der Waals surface area contributed by atoms with Crippen LogP contribution in [0.4, 0.5) is 13.2 Å². The van der Waals surface area contributed by atoms with E-state index in [0.717, 1.165) is 28.5 Å². The van der Waals surface area contributed by atoms with Gasteiger partial charge in [0.15, 0.2) is 0 Å². The summed E-state index contributed by atoms with van der Waals surface area (Å²) in [7, 11) is 1.84. The second-order valence-corrected chi connectivity index (χ2v) is 8.77. The van der Waals surface area contributed by atoms with Gasteiger partial charge in [-0.25, -0.2) is 0 Å². The average molecular weight is 485 g/mol. The number of carbonyl (C=O) groups excluding carboxylic acids is 1. The fourth-order valence-corrected chi connectivity index (χ4v) is 4.67. The Labute approximate surface area is 199 Å². The van der Waals surface area contributed by atoms with E-state index in [0.29, 0.717) is 4.88 Å². The van der Waals surface area contributed by atoms with E-state index in [4.69, 9.17) is 5.73 Å². The molecule has 3 N–H and O–H groups in total. The van der Waals surface area contributed by atoms with Gasteiger partial charge in [0.05, 0.1) is 22.3 Å². The lowest BCUT2D eigenvalue weighted by atomic mass is 9.99. The minimum absolute atomic E-state index is 0.00997. The standard InChI is InChI=1S/C25H23F3N4OS/c1-32-23(20(14-30-32)16-7-3-2-4-8-16)18-12-22(34-15-18)24(33)31-19(13-29)11-17-9-5-6-10-21(17)25(26,27)28/h2-10,12,14-15,19H,11,13,29H2,1H3,(H,31,33). The molecule has 0 spiro atoms. The molecule has 0 aliphatic heterocycles. The van der Waals surface area contributed by atoms with Crippen LogP contribution in [-0.2, 0) is 19.6 Å². The first kappa shape index (κ1) is 23.7. The SMILES string of the molecule is Cn1ncc(-c2ccccc2)c1-c1csc(C(=O)NC(CN)Cc2ccccc2C(F)(F)F)c1. The molecule has 0 aliphatic carbocycles. The Balaban J connectivity index is 1.53. The van der Waals surface area contributed by atoms with Crippen LogP contribution in [0.3, 0.4) is 0 Å². The van der Waals surface area contributed by atoms with Crippen molar-refractivity contribution in [2.45, 2.75) is 18.6 Å². The molecule has 9 heteroatoms. The number of amides is 1. The van der Waals surface area contributed by atoms with E-state index in [-0.39, 0.29) is 24.4 Å². The third-order valence-electron chi connectivity index (χ3n) is 5.53. The fourth-order valence-electron chi connectivity index (χ4n) is 3.88. The van der Waals surface area contributed by atoms with Crippen molar-refractivity contribution in [3.05, 3.63) is 88.2 Å². The molecule has 176 valence electrons. The van der Waals surface area contributed by atoms with Gasteiger partial charge in [0.1, 0.15) is 0 Å². The second kappa shape index (κ2) is 9.82. The number of benzene rings is 2. The number of thiophene rings is 1. The highest BCUT2D eigenvalue weighted by atomic mass is 32.1. The summed E-state index contributed by atoms with van der Waals surface area (Å²) >= 11 is 1.26. The number of hydrogen-bond donors (Lipinski definition) is 2. The summed E-state index contributed by atoms with van der Waals surface area (Å²) in [6.07, 6.45) is -2.71. The minimum Gasteiger partial charge on any atom is -0.347 e. The average Bonchev–Trinajstić information content (AvgIpc) is 3.45. The van der Waals surface area contributed by atoms with Gasteiger partial charge in [-0.15, -0.1) is 11.3 Å². The first-order valence-corrected chi connectivity index (χ1v) is 11.5. The molecule has 0 fully saturated rings. The third kappa shape index (κ3) is 5.05. The molecule has 34 heavy (non-hydrogen) atoms. The maximum absolute atomic E-state index is 13.3. The number of aromatic nitrogens is 2. The summed E-state index contributed by atoms with van der Waals surface area (Å²) in [5.41, 5.74) is 8.82. The molecule has 0 radical (unpaired) electrons. The van der Waals surface area contributed by atoms with E-state index < -0.39 is 17.8 Å². The number of carbonyl (C=O) groups is 1. The lowest BCUT2D eigenvalue weighted by Gasteiger charge is -2.19. The Kier molecular flexibility index (Phi) is 6.85. The number of halogens is 3. The number of aryl methyl sites for hydroxylation is 1. The summed E-state index contributed by atoms with van der Waals surface area (Å²) in [5, 5.41) is 9.03. The van der Waals surface area contributed by atoms with Gasteiger partial charge in [0.25, 0.3) is 5.91 Å². The predicted molar refractivity (Wildman–Crippen MR) is 127 cm³/mol. The fraction of sp³-hybridized carbons (Fsp3) is 0.200. The smallest absolute Gasteiger partial charge is 0.347 e. The molecule has 1 amide bonds. The topological polar surface area (TPSA) is 72.9 Å². The van der Waals surface area contributed by atoms with Gasteiger partial charge < -0.3 is 11.1 Å². The van der Waals surface area contributed by atoms with Gasteiger partial charge in [-0.3, -0.25) is 9.48 Å². The lowest BCUT2D eigenvalue weighted by Crippen LogP contribution is -2.41. The van der Waals surface area contributed by atoms with E-state index in [2.05, 4.69) is 10.4 Å². The van der Waals surface area contributed by atoms with Gasteiger partial charge in [0.2, 0.25) is 0 Å². The first-order valence-electron chi connectivity index (χ1n) is 10.6. The number of hydrogen-bond acceptors (Lipinski definition) is 4. The van der Waals surface area contributed by atoms with Crippen LogP contribution in [0.25, 0.3) is 22.4 Å². The second-order valence-electron chi connectivity index (χ2n) is 7.86. The molecule has 0 saturated heterocycles. The zero-order valence-electron chi connectivity index (χ0n) is 18.3.